The van der Waals surface area contributed by atoms with Crippen molar-refractivity contribution in [3.05, 3.63) is 67.1 Å². The quantitative estimate of drug-likeness (QED) is 0.574. The van der Waals surface area contributed by atoms with E-state index in [0.29, 0.717) is 16.6 Å². The number of hydrogen-bond acceptors (Lipinski definition) is 6. The molecular formula is C16H14N6O2S2. The number of rotatable bonds is 5. The van der Waals surface area contributed by atoms with Crippen LogP contribution in [0.2, 0.25) is 0 Å². The average Bonchev–Trinajstić information content (AvgIpc) is 2.63. The van der Waals surface area contributed by atoms with Gasteiger partial charge in [0.1, 0.15) is 5.82 Å². The minimum absolute atomic E-state index is 0.00967. The van der Waals surface area contributed by atoms with E-state index in [1.165, 1.54) is 24.5 Å². The van der Waals surface area contributed by atoms with E-state index in [1.54, 1.807) is 36.5 Å². The van der Waals surface area contributed by atoms with Crippen LogP contribution in [-0.2, 0) is 10.0 Å². The summed E-state index contributed by atoms with van der Waals surface area (Å²) in [7, 11) is -3.77. The SMILES string of the molecule is O=S(=O)(Nc1ncccn1)c1ccc(NC(=S)Nc2ccccn2)cc1. The molecule has 0 unspecified atom stereocenters. The molecule has 0 amide bonds. The second-order valence-corrected chi connectivity index (χ2v) is 7.09. The fraction of sp³-hybridized carbons (Fsp3) is 0. The van der Waals surface area contributed by atoms with Crippen LogP contribution in [0.5, 0.6) is 0 Å². The molecule has 3 aromatic rings. The number of sulfonamides is 1. The van der Waals surface area contributed by atoms with Gasteiger partial charge >= 0.3 is 0 Å². The van der Waals surface area contributed by atoms with E-state index in [-0.39, 0.29) is 10.8 Å². The molecule has 132 valence electrons. The van der Waals surface area contributed by atoms with Crippen LogP contribution >= 0.6 is 12.2 Å². The van der Waals surface area contributed by atoms with Gasteiger partial charge < -0.3 is 10.6 Å². The first kappa shape index (κ1) is 17.7. The predicted molar refractivity (Wildman–Crippen MR) is 103 cm³/mol. The lowest BCUT2D eigenvalue weighted by atomic mass is 10.3. The third-order valence-electron chi connectivity index (χ3n) is 3.12. The van der Waals surface area contributed by atoms with Crippen LogP contribution in [0.15, 0.2) is 72.0 Å². The molecule has 3 N–H and O–H groups in total. The number of pyridine rings is 1. The summed E-state index contributed by atoms with van der Waals surface area (Å²) in [5, 5.41) is 6.23. The van der Waals surface area contributed by atoms with E-state index in [4.69, 9.17) is 12.2 Å². The highest BCUT2D eigenvalue weighted by molar-refractivity contribution is 7.92. The third kappa shape index (κ3) is 4.71. The van der Waals surface area contributed by atoms with Crippen LogP contribution in [0.3, 0.4) is 0 Å². The Balaban J connectivity index is 1.65. The molecule has 0 aliphatic rings. The molecule has 26 heavy (non-hydrogen) atoms. The second-order valence-electron chi connectivity index (χ2n) is 5.00. The molecular weight excluding hydrogens is 372 g/mol. The van der Waals surface area contributed by atoms with Gasteiger partial charge in [0, 0.05) is 24.3 Å². The minimum atomic E-state index is -3.77. The van der Waals surface area contributed by atoms with Gasteiger partial charge in [-0.2, -0.15) is 0 Å². The fourth-order valence-electron chi connectivity index (χ4n) is 1.96. The van der Waals surface area contributed by atoms with Crippen molar-refractivity contribution in [3.8, 4) is 0 Å². The molecule has 0 bridgehead atoms. The van der Waals surface area contributed by atoms with E-state index < -0.39 is 10.0 Å². The molecule has 2 aromatic heterocycles. The van der Waals surface area contributed by atoms with E-state index in [0.717, 1.165) is 0 Å². The Kier molecular flexibility index (Phi) is 5.34. The van der Waals surface area contributed by atoms with Crippen LogP contribution in [0.4, 0.5) is 17.5 Å². The van der Waals surface area contributed by atoms with Crippen molar-refractivity contribution in [3.63, 3.8) is 0 Å². The molecule has 0 aliphatic carbocycles. The van der Waals surface area contributed by atoms with Gasteiger partial charge in [-0.25, -0.2) is 28.1 Å². The molecule has 1 aromatic carbocycles. The monoisotopic (exact) mass is 386 g/mol. The highest BCUT2D eigenvalue weighted by Gasteiger charge is 2.15. The molecule has 0 spiro atoms. The molecule has 8 nitrogen and oxygen atoms in total. The van der Waals surface area contributed by atoms with Crippen LogP contribution in [0.1, 0.15) is 0 Å². The van der Waals surface area contributed by atoms with Crippen LogP contribution < -0.4 is 15.4 Å². The maximum absolute atomic E-state index is 12.3. The summed E-state index contributed by atoms with van der Waals surface area (Å²) in [6.07, 6.45) is 4.55. The molecule has 0 atom stereocenters. The predicted octanol–water partition coefficient (Wildman–Crippen LogP) is 2.48. The second kappa shape index (κ2) is 7.85. The van der Waals surface area contributed by atoms with Gasteiger partial charge in [-0.1, -0.05) is 6.07 Å². The summed E-state index contributed by atoms with van der Waals surface area (Å²) in [5.74, 6) is 0.617. The van der Waals surface area contributed by atoms with Crippen LogP contribution in [-0.4, -0.2) is 28.5 Å². The largest absolute Gasteiger partial charge is 0.332 e. The summed E-state index contributed by atoms with van der Waals surface area (Å²) in [5.41, 5.74) is 0.633. The third-order valence-corrected chi connectivity index (χ3v) is 4.67. The first-order chi connectivity index (χ1) is 12.5. The van der Waals surface area contributed by atoms with Gasteiger partial charge in [0.25, 0.3) is 10.0 Å². The molecule has 0 fully saturated rings. The number of hydrogen-bond donors (Lipinski definition) is 3. The van der Waals surface area contributed by atoms with Gasteiger partial charge in [-0.15, -0.1) is 0 Å². The topological polar surface area (TPSA) is 109 Å². The van der Waals surface area contributed by atoms with E-state index in [2.05, 4.69) is 30.3 Å². The van der Waals surface area contributed by atoms with Crippen molar-refractivity contribution in [2.45, 2.75) is 4.90 Å². The van der Waals surface area contributed by atoms with Gasteiger partial charge in [-0.05, 0) is 54.7 Å². The number of nitrogens with zero attached hydrogens (tertiary/aromatic N) is 3. The van der Waals surface area contributed by atoms with Crippen molar-refractivity contribution >= 4 is 44.8 Å². The lowest BCUT2D eigenvalue weighted by Crippen LogP contribution is -2.20. The number of anilines is 3. The molecule has 0 radical (unpaired) electrons. The van der Waals surface area contributed by atoms with Crippen LogP contribution in [0.25, 0.3) is 0 Å². The molecule has 0 saturated heterocycles. The molecule has 0 saturated carbocycles. The van der Waals surface area contributed by atoms with E-state index in [9.17, 15) is 8.42 Å². The van der Waals surface area contributed by atoms with Crippen molar-refractivity contribution < 1.29 is 8.42 Å². The average molecular weight is 386 g/mol. The Morgan fingerprint density at radius 1 is 0.846 bits per heavy atom. The smallest absolute Gasteiger partial charge is 0.264 e. The summed E-state index contributed by atoms with van der Waals surface area (Å²) in [6.45, 7) is 0. The van der Waals surface area contributed by atoms with Crippen molar-refractivity contribution in [2.24, 2.45) is 0 Å². The Bertz CT molecular complexity index is 980. The normalized spacial score (nSPS) is 10.8. The zero-order valence-corrected chi connectivity index (χ0v) is 15.0. The Morgan fingerprint density at radius 3 is 2.19 bits per heavy atom. The summed E-state index contributed by atoms with van der Waals surface area (Å²) in [4.78, 5) is 11.9. The molecule has 2 heterocycles. The van der Waals surface area contributed by atoms with E-state index >= 15 is 0 Å². The lowest BCUT2D eigenvalue weighted by Gasteiger charge is -2.11. The minimum Gasteiger partial charge on any atom is -0.332 e. The highest BCUT2D eigenvalue weighted by atomic mass is 32.2. The van der Waals surface area contributed by atoms with Gasteiger partial charge in [0.2, 0.25) is 5.95 Å². The Labute approximate surface area is 155 Å². The van der Waals surface area contributed by atoms with Crippen molar-refractivity contribution in [2.75, 3.05) is 15.4 Å². The summed E-state index contributed by atoms with van der Waals surface area (Å²) >= 11 is 5.20. The van der Waals surface area contributed by atoms with Crippen molar-refractivity contribution in [1.82, 2.24) is 15.0 Å². The zero-order chi connectivity index (χ0) is 18.4. The first-order valence-electron chi connectivity index (χ1n) is 7.42. The molecule has 10 heteroatoms. The highest BCUT2D eigenvalue weighted by Crippen LogP contribution is 2.16. The number of nitrogens with one attached hydrogen (secondary N) is 3. The Morgan fingerprint density at radius 2 is 1.54 bits per heavy atom. The number of aromatic nitrogens is 3. The van der Waals surface area contributed by atoms with Crippen molar-refractivity contribution in [1.29, 1.82) is 0 Å². The maximum Gasteiger partial charge on any atom is 0.264 e. The van der Waals surface area contributed by atoms with Gasteiger partial charge in [-0.3, -0.25) is 0 Å². The Hall–Kier alpha value is -3.11. The first-order valence-corrected chi connectivity index (χ1v) is 9.31. The maximum atomic E-state index is 12.3. The van der Waals surface area contributed by atoms with E-state index in [1.807, 2.05) is 6.07 Å². The molecule has 3 rings (SSSR count). The van der Waals surface area contributed by atoms with Crippen LogP contribution in [0, 0.1) is 0 Å². The van der Waals surface area contributed by atoms with Gasteiger partial charge in [0.15, 0.2) is 5.11 Å². The lowest BCUT2D eigenvalue weighted by molar-refractivity contribution is 0.601. The number of benzene rings is 1. The fourth-order valence-corrected chi connectivity index (χ4v) is 3.14. The van der Waals surface area contributed by atoms with Gasteiger partial charge in [0.05, 0.1) is 4.90 Å². The summed E-state index contributed by atoms with van der Waals surface area (Å²) in [6, 6.07) is 13.1. The molecule has 0 aliphatic heterocycles. The number of thiocarbonyl (C=S) groups is 1. The summed E-state index contributed by atoms with van der Waals surface area (Å²) < 4.78 is 26.9. The standard InChI is InChI=1S/C16H14N6O2S2/c23-26(24,22-15-18-10-3-11-19-15)13-7-5-12(6-8-13)20-16(25)21-14-4-1-2-9-17-14/h1-11H,(H,18,19,22)(H2,17,20,21,25). The zero-order valence-electron chi connectivity index (χ0n) is 13.3.